The molecule has 0 fully saturated rings. The molecule has 0 N–H and O–H groups in total. The van der Waals surface area contributed by atoms with Gasteiger partial charge in [-0.25, -0.2) is 4.39 Å². The summed E-state index contributed by atoms with van der Waals surface area (Å²) in [6.07, 6.45) is 3.90. The molecule has 2 aromatic carbocycles. The minimum atomic E-state index is -0.333. The summed E-state index contributed by atoms with van der Waals surface area (Å²) in [6.45, 7) is 1.28. The van der Waals surface area contributed by atoms with Crippen molar-refractivity contribution in [3.8, 4) is 0 Å². The number of carbonyl (C=O) groups excluding carboxylic acids is 1. The van der Waals surface area contributed by atoms with Crippen molar-refractivity contribution >= 4 is 36.3 Å². The molecule has 0 radical (unpaired) electrons. The van der Waals surface area contributed by atoms with Gasteiger partial charge in [0.05, 0.1) is 0 Å². The summed E-state index contributed by atoms with van der Waals surface area (Å²) < 4.78 is 13.0. The molecule has 1 heterocycles. The van der Waals surface area contributed by atoms with E-state index in [2.05, 4.69) is 9.88 Å². The van der Waals surface area contributed by atoms with Gasteiger partial charge in [-0.1, -0.05) is 18.2 Å². The summed E-state index contributed by atoms with van der Waals surface area (Å²) >= 11 is 0. The number of carbonyl (C=O) groups is 1. The molecular formula is C21H21Cl2FN2O. The van der Waals surface area contributed by atoms with Crippen LogP contribution in [0.15, 0.2) is 79.1 Å². The Hall–Kier alpha value is -2.43. The zero-order chi connectivity index (χ0) is 17.5. The smallest absolute Gasteiger partial charge is 0.164 e. The number of ketones is 1. The first-order chi connectivity index (χ1) is 12.2. The van der Waals surface area contributed by atoms with Crippen LogP contribution < -0.4 is 4.90 Å². The van der Waals surface area contributed by atoms with Crippen molar-refractivity contribution in [2.75, 3.05) is 11.4 Å². The van der Waals surface area contributed by atoms with E-state index in [4.69, 9.17) is 0 Å². The quantitative estimate of drug-likeness (QED) is 0.496. The monoisotopic (exact) mass is 406 g/mol. The average Bonchev–Trinajstić information content (AvgIpc) is 2.67. The van der Waals surface area contributed by atoms with Crippen LogP contribution in [0.5, 0.6) is 0 Å². The van der Waals surface area contributed by atoms with Crippen LogP contribution in [0.25, 0.3) is 0 Å². The van der Waals surface area contributed by atoms with E-state index in [-0.39, 0.29) is 36.4 Å². The van der Waals surface area contributed by atoms with Crippen LogP contribution in [0.4, 0.5) is 10.1 Å². The third kappa shape index (κ3) is 6.66. The highest BCUT2D eigenvalue weighted by Gasteiger charge is 2.12. The molecule has 0 bridgehead atoms. The third-order valence-electron chi connectivity index (χ3n) is 4.02. The van der Waals surface area contributed by atoms with Crippen molar-refractivity contribution in [1.29, 1.82) is 0 Å². The van der Waals surface area contributed by atoms with E-state index < -0.39 is 0 Å². The lowest BCUT2D eigenvalue weighted by atomic mass is 10.1. The van der Waals surface area contributed by atoms with Crippen LogP contribution in [0.1, 0.15) is 22.3 Å². The fourth-order valence-corrected chi connectivity index (χ4v) is 2.66. The van der Waals surface area contributed by atoms with Crippen molar-refractivity contribution in [2.24, 2.45) is 0 Å². The van der Waals surface area contributed by atoms with Gasteiger partial charge in [0.15, 0.2) is 5.78 Å². The van der Waals surface area contributed by atoms with Gasteiger partial charge in [-0.15, -0.1) is 24.8 Å². The minimum Gasteiger partial charge on any atom is -0.367 e. The van der Waals surface area contributed by atoms with Gasteiger partial charge in [0.25, 0.3) is 0 Å². The minimum absolute atomic E-state index is 0. The lowest BCUT2D eigenvalue weighted by Gasteiger charge is -2.24. The van der Waals surface area contributed by atoms with E-state index in [1.165, 1.54) is 24.3 Å². The summed E-state index contributed by atoms with van der Waals surface area (Å²) in [6, 6.07) is 19.6. The standard InChI is InChI=1S/C21H19FN2O.2ClH/c22-19-8-6-18(7-9-19)21(25)12-15-24(20-4-2-1-3-5-20)16-17-10-13-23-14-11-17;;/h1-11,13-14H,12,15-16H2;2*1H. The highest BCUT2D eigenvalue weighted by Crippen LogP contribution is 2.18. The van der Waals surface area contributed by atoms with Crippen LogP contribution in [0, 0.1) is 5.82 Å². The largest absolute Gasteiger partial charge is 0.367 e. The molecule has 0 spiro atoms. The number of rotatable bonds is 7. The second kappa shape index (κ2) is 11.3. The second-order valence-electron chi connectivity index (χ2n) is 5.79. The van der Waals surface area contributed by atoms with Gasteiger partial charge >= 0.3 is 0 Å². The van der Waals surface area contributed by atoms with Gasteiger partial charge in [-0.3, -0.25) is 9.78 Å². The number of halogens is 3. The fraction of sp³-hybridized carbons (Fsp3) is 0.143. The molecule has 0 aliphatic rings. The van der Waals surface area contributed by atoms with E-state index in [0.29, 0.717) is 25.1 Å². The van der Waals surface area contributed by atoms with Crippen LogP contribution in [0.3, 0.4) is 0 Å². The molecule has 3 nitrogen and oxygen atoms in total. The number of aromatic nitrogens is 1. The Bertz CT molecular complexity index is 815. The Labute approximate surface area is 171 Å². The Kier molecular flexibility index (Phi) is 9.48. The molecular weight excluding hydrogens is 386 g/mol. The molecule has 0 aliphatic carbocycles. The van der Waals surface area contributed by atoms with Gasteiger partial charge in [-0.05, 0) is 54.1 Å². The van der Waals surface area contributed by atoms with Crippen LogP contribution in [-0.4, -0.2) is 17.3 Å². The number of anilines is 1. The summed E-state index contributed by atoms with van der Waals surface area (Å²) in [7, 11) is 0. The molecule has 0 atom stereocenters. The molecule has 3 aromatic rings. The maximum atomic E-state index is 13.0. The van der Waals surface area contributed by atoms with E-state index in [9.17, 15) is 9.18 Å². The summed E-state index contributed by atoms with van der Waals surface area (Å²) in [5.41, 5.74) is 2.73. The first-order valence-corrected chi connectivity index (χ1v) is 8.20. The molecule has 0 amide bonds. The SMILES string of the molecule is Cl.Cl.O=C(CCN(Cc1ccncc1)c1ccccc1)c1ccc(F)cc1. The van der Waals surface area contributed by atoms with E-state index in [1.807, 2.05) is 42.5 Å². The maximum absolute atomic E-state index is 13.0. The molecule has 0 saturated carbocycles. The van der Waals surface area contributed by atoms with Crippen molar-refractivity contribution in [2.45, 2.75) is 13.0 Å². The number of hydrogen-bond acceptors (Lipinski definition) is 3. The number of hydrogen-bond donors (Lipinski definition) is 0. The van der Waals surface area contributed by atoms with Crippen molar-refractivity contribution in [1.82, 2.24) is 4.98 Å². The normalized spacial score (nSPS) is 9.67. The molecule has 27 heavy (non-hydrogen) atoms. The topological polar surface area (TPSA) is 33.2 Å². The molecule has 3 rings (SSSR count). The summed E-state index contributed by atoms with van der Waals surface area (Å²) in [5.74, 6) is -0.323. The van der Waals surface area contributed by atoms with Crippen LogP contribution >= 0.6 is 24.8 Å². The lowest BCUT2D eigenvalue weighted by molar-refractivity contribution is 0.0984. The number of para-hydroxylation sites is 1. The van der Waals surface area contributed by atoms with E-state index >= 15 is 0 Å². The van der Waals surface area contributed by atoms with Crippen LogP contribution in [0.2, 0.25) is 0 Å². The fourth-order valence-electron chi connectivity index (χ4n) is 2.66. The Morgan fingerprint density at radius 2 is 1.52 bits per heavy atom. The van der Waals surface area contributed by atoms with Gasteiger partial charge in [0, 0.05) is 43.2 Å². The molecule has 0 unspecified atom stereocenters. The first kappa shape index (κ1) is 22.6. The number of pyridine rings is 1. The Morgan fingerprint density at radius 3 is 2.15 bits per heavy atom. The summed E-state index contributed by atoms with van der Waals surface area (Å²) in [4.78, 5) is 18.6. The van der Waals surface area contributed by atoms with Gasteiger partial charge < -0.3 is 4.90 Å². The molecule has 142 valence electrons. The Balaban J connectivity index is 0.00000182. The number of benzene rings is 2. The van der Waals surface area contributed by atoms with Crippen molar-refractivity contribution in [3.05, 3.63) is 96.1 Å². The lowest BCUT2D eigenvalue weighted by Crippen LogP contribution is -2.25. The predicted octanol–water partition coefficient (Wildman–Crippen LogP) is 5.34. The first-order valence-electron chi connectivity index (χ1n) is 8.20. The average molecular weight is 407 g/mol. The molecule has 0 saturated heterocycles. The third-order valence-corrected chi connectivity index (χ3v) is 4.02. The van der Waals surface area contributed by atoms with Crippen molar-refractivity contribution < 1.29 is 9.18 Å². The molecule has 0 aliphatic heterocycles. The maximum Gasteiger partial charge on any atom is 0.164 e. The molecule has 1 aromatic heterocycles. The predicted molar refractivity (Wildman–Crippen MR) is 112 cm³/mol. The zero-order valence-electron chi connectivity index (χ0n) is 14.6. The van der Waals surface area contributed by atoms with E-state index in [1.54, 1.807) is 12.4 Å². The summed E-state index contributed by atoms with van der Waals surface area (Å²) in [5, 5.41) is 0. The Morgan fingerprint density at radius 1 is 0.889 bits per heavy atom. The highest BCUT2D eigenvalue weighted by molar-refractivity contribution is 5.96. The van der Waals surface area contributed by atoms with Crippen molar-refractivity contribution in [3.63, 3.8) is 0 Å². The van der Waals surface area contributed by atoms with Gasteiger partial charge in [0.1, 0.15) is 5.82 Å². The van der Waals surface area contributed by atoms with Crippen LogP contribution in [-0.2, 0) is 6.54 Å². The highest BCUT2D eigenvalue weighted by atomic mass is 35.5. The van der Waals surface area contributed by atoms with Gasteiger partial charge in [-0.2, -0.15) is 0 Å². The zero-order valence-corrected chi connectivity index (χ0v) is 16.3. The van der Waals surface area contributed by atoms with Gasteiger partial charge in [0.2, 0.25) is 0 Å². The molecule has 6 heteroatoms. The number of Topliss-reactive ketones (excluding diaryl/α,β-unsaturated/α-hetero) is 1. The second-order valence-corrected chi connectivity index (χ2v) is 5.79. The number of nitrogens with zero attached hydrogens (tertiary/aromatic N) is 2. The van der Waals surface area contributed by atoms with E-state index in [0.717, 1.165) is 11.3 Å².